The third kappa shape index (κ3) is 4.16. The van der Waals surface area contributed by atoms with Gasteiger partial charge in [0.1, 0.15) is 5.75 Å². The maximum absolute atomic E-state index is 5.53. The second-order valence-corrected chi connectivity index (χ2v) is 6.77. The van der Waals surface area contributed by atoms with E-state index in [0.29, 0.717) is 6.04 Å². The number of benzene rings is 1. The molecule has 1 saturated heterocycles. The van der Waals surface area contributed by atoms with Crippen LogP contribution in [0.25, 0.3) is 0 Å². The second kappa shape index (κ2) is 7.87. The van der Waals surface area contributed by atoms with Crippen molar-refractivity contribution in [3.8, 4) is 5.75 Å². The van der Waals surface area contributed by atoms with Gasteiger partial charge in [-0.25, -0.2) is 0 Å². The summed E-state index contributed by atoms with van der Waals surface area (Å²) in [5.74, 6) is 1.90. The first-order chi connectivity index (χ1) is 10.8. The monoisotopic (exact) mass is 302 g/mol. The average Bonchev–Trinajstić information content (AvgIpc) is 3.08. The molecular formula is C19H30N2O. The summed E-state index contributed by atoms with van der Waals surface area (Å²) in [6.07, 6.45) is 8.35. The van der Waals surface area contributed by atoms with E-state index in [9.17, 15) is 0 Å². The van der Waals surface area contributed by atoms with Crippen LogP contribution in [0.3, 0.4) is 0 Å². The minimum absolute atomic E-state index is 0.654. The van der Waals surface area contributed by atoms with Gasteiger partial charge < -0.3 is 15.0 Å². The number of hydrogen-bond acceptors (Lipinski definition) is 3. The van der Waals surface area contributed by atoms with Crippen molar-refractivity contribution >= 4 is 5.69 Å². The molecule has 3 nitrogen and oxygen atoms in total. The van der Waals surface area contributed by atoms with E-state index in [1.54, 1.807) is 0 Å². The molecule has 1 atom stereocenters. The number of ether oxygens (including phenoxy) is 1. The van der Waals surface area contributed by atoms with Crippen molar-refractivity contribution in [2.75, 3.05) is 31.1 Å². The molecule has 22 heavy (non-hydrogen) atoms. The van der Waals surface area contributed by atoms with Gasteiger partial charge in [-0.3, -0.25) is 0 Å². The van der Waals surface area contributed by atoms with Crippen molar-refractivity contribution in [1.29, 1.82) is 0 Å². The third-order valence-electron chi connectivity index (χ3n) is 5.10. The van der Waals surface area contributed by atoms with Gasteiger partial charge >= 0.3 is 0 Å². The number of piperidine rings is 1. The first kappa shape index (κ1) is 15.7. The standard InChI is InChI=1S/C19H30N2O/c1-2-22-19-11-9-18(10-12-19)21-13-5-8-17(15-21)20-14-16-6-3-4-7-16/h9-12,16-17,20H,2-8,13-15H2,1H3. The van der Waals surface area contributed by atoms with Crippen LogP contribution in [0.4, 0.5) is 5.69 Å². The fourth-order valence-corrected chi connectivity index (χ4v) is 3.85. The summed E-state index contributed by atoms with van der Waals surface area (Å²) in [4.78, 5) is 2.52. The molecule has 1 N–H and O–H groups in total. The Labute approximate surface area is 135 Å². The van der Waals surface area contributed by atoms with Gasteiger partial charge in [0.15, 0.2) is 0 Å². The highest BCUT2D eigenvalue weighted by atomic mass is 16.5. The van der Waals surface area contributed by atoms with Gasteiger partial charge in [0.2, 0.25) is 0 Å². The average molecular weight is 302 g/mol. The fraction of sp³-hybridized carbons (Fsp3) is 0.684. The smallest absolute Gasteiger partial charge is 0.119 e. The van der Waals surface area contributed by atoms with Crippen LogP contribution in [0, 0.1) is 5.92 Å². The van der Waals surface area contributed by atoms with Crippen LogP contribution >= 0.6 is 0 Å². The molecular weight excluding hydrogens is 272 g/mol. The maximum Gasteiger partial charge on any atom is 0.119 e. The summed E-state index contributed by atoms with van der Waals surface area (Å²) in [7, 11) is 0. The lowest BCUT2D eigenvalue weighted by Gasteiger charge is -2.35. The molecule has 1 aliphatic carbocycles. The van der Waals surface area contributed by atoms with E-state index in [4.69, 9.17) is 4.74 Å². The maximum atomic E-state index is 5.53. The summed E-state index contributed by atoms with van der Waals surface area (Å²) in [6, 6.07) is 9.23. The summed E-state index contributed by atoms with van der Waals surface area (Å²) in [5.41, 5.74) is 1.33. The molecule has 0 amide bonds. The van der Waals surface area contributed by atoms with Crippen LogP contribution in [0.15, 0.2) is 24.3 Å². The molecule has 2 aliphatic rings. The van der Waals surface area contributed by atoms with Gasteiger partial charge in [-0.2, -0.15) is 0 Å². The molecule has 3 rings (SSSR count). The molecule has 1 aromatic rings. The van der Waals surface area contributed by atoms with E-state index < -0.39 is 0 Å². The highest BCUT2D eigenvalue weighted by molar-refractivity contribution is 5.49. The number of nitrogens with one attached hydrogen (secondary N) is 1. The second-order valence-electron chi connectivity index (χ2n) is 6.77. The van der Waals surface area contributed by atoms with Crippen LogP contribution in [-0.2, 0) is 0 Å². The summed E-state index contributed by atoms with van der Waals surface area (Å²) in [6.45, 7) is 6.30. The van der Waals surface area contributed by atoms with Crippen LogP contribution in [-0.4, -0.2) is 32.3 Å². The molecule has 0 bridgehead atoms. The quantitative estimate of drug-likeness (QED) is 0.864. The van der Waals surface area contributed by atoms with Crippen molar-refractivity contribution in [2.45, 2.75) is 51.5 Å². The molecule has 1 aliphatic heterocycles. The molecule has 0 spiro atoms. The number of nitrogens with zero attached hydrogens (tertiary/aromatic N) is 1. The van der Waals surface area contributed by atoms with Crippen molar-refractivity contribution < 1.29 is 4.74 Å². The zero-order valence-electron chi connectivity index (χ0n) is 13.9. The van der Waals surface area contributed by atoms with Crippen molar-refractivity contribution in [3.05, 3.63) is 24.3 Å². The van der Waals surface area contributed by atoms with Gasteiger partial charge in [-0.15, -0.1) is 0 Å². The van der Waals surface area contributed by atoms with Gasteiger partial charge in [-0.1, -0.05) is 12.8 Å². The van der Waals surface area contributed by atoms with Crippen molar-refractivity contribution in [3.63, 3.8) is 0 Å². The molecule has 1 heterocycles. The SMILES string of the molecule is CCOc1ccc(N2CCCC(NCC3CCCC3)C2)cc1. The molecule has 0 aromatic heterocycles. The summed E-state index contributed by atoms with van der Waals surface area (Å²) in [5, 5.41) is 3.83. The minimum Gasteiger partial charge on any atom is -0.494 e. The van der Waals surface area contributed by atoms with Gasteiger partial charge in [0.25, 0.3) is 0 Å². The normalized spacial score (nSPS) is 23.0. The lowest BCUT2D eigenvalue weighted by atomic mass is 10.0. The summed E-state index contributed by atoms with van der Waals surface area (Å²) >= 11 is 0. The largest absolute Gasteiger partial charge is 0.494 e. The van der Waals surface area contributed by atoms with Gasteiger partial charge in [0, 0.05) is 24.8 Å². The molecule has 0 radical (unpaired) electrons. The van der Waals surface area contributed by atoms with Crippen LogP contribution in [0.5, 0.6) is 5.75 Å². The Kier molecular flexibility index (Phi) is 5.60. The molecule has 1 aromatic carbocycles. The van der Waals surface area contributed by atoms with E-state index >= 15 is 0 Å². The Morgan fingerprint density at radius 2 is 1.86 bits per heavy atom. The predicted molar refractivity (Wildman–Crippen MR) is 92.8 cm³/mol. The molecule has 122 valence electrons. The Bertz CT molecular complexity index is 439. The summed E-state index contributed by atoms with van der Waals surface area (Å²) < 4.78 is 5.53. The Morgan fingerprint density at radius 3 is 2.59 bits per heavy atom. The minimum atomic E-state index is 0.654. The zero-order chi connectivity index (χ0) is 15.2. The van der Waals surface area contributed by atoms with E-state index in [1.165, 1.54) is 57.3 Å². The third-order valence-corrected chi connectivity index (χ3v) is 5.10. The Hall–Kier alpha value is -1.22. The Balaban J connectivity index is 1.50. The van der Waals surface area contributed by atoms with E-state index in [-0.39, 0.29) is 0 Å². The number of hydrogen-bond donors (Lipinski definition) is 1. The highest BCUT2D eigenvalue weighted by Crippen LogP contribution is 2.25. The van der Waals surface area contributed by atoms with Crippen molar-refractivity contribution in [2.24, 2.45) is 5.92 Å². The highest BCUT2D eigenvalue weighted by Gasteiger charge is 2.22. The molecule has 2 fully saturated rings. The first-order valence-corrected chi connectivity index (χ1v) is 9.06. The van der Waals surface area contributed by atoms with Crippen molar-refractivity contribution in [1.82, 2.24) is 5.32 Å². The van der Waals surface area contributed by atoms with Crippen LogP contribution in [0.2, 0.25) is 0 Å². The fourth-order valence-electron chi connectivity index (χ4n) is 3.85. The van der Waals surface area contributed by atoms with E-state index in [2.05, 4.69) is 34.5 Å². The zero-order valence-corrected chi connectivity index (χ0v) is 13.9. The lowest BCUT2D eigenvalue weighted by molar-refractivity contribution is 0.340. The van der Waals surface area contributed by atoms with E-state index in [0.717, 1.165) is 24.8 Å². The topological polar surface area (TPSA) is 24.5 Å². The molecule has 1 saturated carbocycles. The number of anilines is 1. The number of rotatable bonds is 6. The van der Waals surface area contributed by atoms with E-state index in [1.807, 2.05) is 6.92 Å². The van der Waals surface area contributed by atoms with Crippen LogP contribution < -0.4 is 15.0 Å². The predicted octanol–water partition coefficient (Wildman–Crippen LogP) is 3.83. The first-order valence-electron chi connectivity index (χ1n) is 9.06. The molecule has 1 unspecified atom stereocenters. The lowest BCUT2D eigenvalue weighted by Crippen LogP contribution is -2.46. The van der Waals surface area contributed by atoms with Gasteiger partial charge in [0.05, 0.1) is 6.61 Å². The van der Waals surface area contributed by atoms with Crippen LogP contribution in [0.1, 0.15) is 45.4 Å². The molecule has 3 heteroatoms. The van der Waals surface area contributed by atoms with Gasteiger partial charge in [-0.05, 0) is 69.3 Å². The Morgan fingerprint density at radius 1 is 1.09 bits per heavy atom.